The first-order valence-corrected chi connectivity index (χ1v) is 12.0. The lowest BCUT2D eigenvalue weighted by Crippen LogP contribution is -2.40. The lowest BCUT2D eigenvalue weighted by molar-refractivity contribution is 0.0161. The minimum atomic E-state index is -3.91. The van der Waals surface area contributed by atoms with Gasteiger partial charge in [-0.3, -0.25) is 0 Å². The molecule has 0 aromatic heterocycles. The quantitative estimate of drug-likeness (QED) is 0.700. The summed E-state index contributed by atoms with van der Waals surface area (Å²) in [5.74, 6) is -2.45. The molecular formula is C23H25F2N3O2S. The molecule has 0 atom stereocenters. The zero-order chi connectivity index (χ0) is 22.0. The second-order valence-corrected chi connectivity index (χ2v) is 10.8. The maximum atomic E-state index is 14.5. The number of hydrogen-bond acceptors (Lipinski definition) is 4. The largest absolute Gasteiger partial charge is 0.343 e. The Kier molecular flexibility index (Phi) is 4.45. The second kappa shape index (κ2) is 6.76. The monoisotopic (exact) mass is 445 g/mol. The predicted octanol–water partition coefficient (Wildman–Crippen LogP) is 4.09. The first-order chi connectivity index (χ1) is 14.6. The van der Waals surface area contributed by atoms with Crippen LogP contribution in [-0.4, -0.2) is 48.1 Å². The van der Waals surface area contributed by atoms with E-state index < -0.39 is 28.0 Å². The third-order valence-electron chi connectivity index (χ3n) is 6.59. The van der Waals surface area contributed by atoms with Crippen molar-refractivity contribution in [1.82, 2.24) is 9.31 Å². The first-order valence-electron chi connectivity index (χ1n) is 10.5. The summed E-state index contributed by atoms with van der Waals surface area (Å²) >= 11 is 0. The van der Waals surface area contributed by atoms with E-state index in [2.05, 4.69) is 5.10 Å². The maximum absolute atomic E-state index is 14.5. The van der Waals surface area contributed by atoms with E-state index in [1.54, 1.807) is 29.2 Å². The number of likely N-dealkylation sites (tertiary alicyclic amines) is 1. The standard InChI is InChI=1S/C23H25F2N3O2S/c1-16-6-8-19(9-7-16)31(29,30)28-13-10-18-5-3-4-17(2)20(18)21(26-28)27-15-23(24,25)14-22(27)11-12-22/h3-9H,10-15H2,1-2H3. The Balaban J connectivity index is 1.65. The van der Waals surface area contributed by atoms with E-state index >= 15 is 0 Å². The van der Waals surface area contributed by atoms with Crippen LogP contribution >= 0.6 is 0 Å². The number of alkyl halides is 2. The minimum Gasteiger partial charge on any atom is -0.343 e. The molecule has 164 valence electrons. The first kappa shape index (κ1) is 20.4. The molecule has 31 heavy (non-hydrogen) atoms. The molecule has 1 spiro atoms. The highest BCUT2D eigenvalue weighted by Gasteiger charge is 2.62. The van der Waals surface area contributed by atoms with Gasteiger partial charge in [-0.05, 0) is 56.4 Å². The Morgan fingerprint density at radius 3 is 2.42 bits per heavy atom. The lowest BCUT2D eigenvalue weighted by Gasteiger charge is -2.29. The fourth-order valence-corrected chi connectivity index (χ4v) is 6.04. The number of hydrogen-bond donors (Lipinski definition) is 0. The summed E-state index contributed by atoms with van der Waals surface area (Å²) in [5.41, 5.74) is 2.97. The third kappa shape index (κ3) is 3.41. The number of sulfonamides is 1. The van der Waals surface area contributed by atoms with E-state index in [1.165, 1.54) is 0 Å². The molecule has 1 aliphatic carbocycles. The Labute approximate surface area is 181 Å². The van der Waals surface area contributed by atoms with Crippen LogP contribution in [0.15, 0.2) is 52.5 Å². The zero-order valence-corrected chi connectivity index (χ0v) is 18.4. The van der Waals surface area contributed by atoms with Crippen LogP contribution in [0.4, 0.5) is 8.78 Å². The number of halogens is 2. The normalized spacial score (nSPS) is 21.6. The highest BCUT2D eigenvalue weighted by molar-refractivity contribution is 7.89. The summed E-state index contributed by atoms with van der Waals surface area (Å²) < 4.78 is 56.8. The van der Waals surface area contributed by atoms with Crippen molar-refractivity contribution >= 4 is 15.9 Å². The van der Waals surface area contributed by atoms with Crippen LogP contribution in [0.3, 0.4) is 0 Å². The molecule has 5 nitrogen and oxygen atoms in total. The van der Waals surface area contributed by atoms with Crippen LogP contribution < -0.4 is 0 Å². The molecule has 0 N–H and O–H groups in total. The Bertz CT molecular complexity index is 1170. The molecule has 1 saturated heterocycles. The molecule has 0 unspecified atom stereocenters. The highest BCUT2D eigenvalue weighted by atomic mass is 32.2. The van der Waals surface area contributed by atoms with Crippen LogP contribution in [0.5, 0.6) is 0 Å². The van der Waals surface area contributed by atoms with Crippen molar-refractivity contribution in [2.75, 3.05) is 13.1 Å². The van der Waals surface area contributed by atoms with Gasteiger partial charge in [0.2, 0.25) is 0 Å². The predicted molar refractivity (Wildman–Crippen MR) is 115 cm³/mol. The van der Waals surface area contributed by atoms with Crippen LogP contribution in [0.2, 0.25) is 0 Å². The van der Waals surface area contributed by atoms with Crippen molar-refractivity contribution in [3.8, 4) is 0 Å². The third-order valence-corrected chi connectivity index (χ3v) is 8.28. The summed E-state index contributed by atoms with van der Waals surface area (Å²) in [6, 6.07) is 12.4. The van der Waals surface area contributed by atoms with Gasteiger partial charge in [-0.25, -0.2) is 8.78 Å². The van der Waals surface area contributed by atoms with Gasteiger partial charge in [0.05, 0.1) is 18.0 Å². The number of hydrazone groups is 1. The van der Waals surface area contributed by atoms with Crippen molar-refractivity contribution in [2.24, 2.45) is 5.10 Å². The van der Waals surface area contributed by atoms with Crippen LogP contribution in [0.1, 0.15) is 41.5 Å². The fraction of sp³-hybridized carbons (Fsp3) is 0.435. The van der Waals surface area contributed by atoms with E-state index in [0.717, 1.165) is 26.7 Å². The second-order valence-electron chi connectivity index (χ2n) is 8.99. The van der Waals surface area contributed by atoms with Crippen molar-refractivity contribution in [1.29, 1.82) is 0 Å². The van der Waals surface area contributed by atoms with E-state index in [4.69, 9.17) is 0 Å². The number of rotatable bonds is 2. The molecule has 0 radical (unpaired) electrons. The zero-order valence-electron chi connectivity index (χ0n) is 17.6. The molecule has 2 aromatic rings. The van der Waals surface area contributed by atoms with Gasteiger partial charge in [-0.1, -0.05) is 35.9 Å². The molecule has 2 aromatic carbocycles. The fourth-order valence-electron chi connectivity index (χ4n) is 4.80. The summed E-state index contributed by atoms with van der Waals surface area (Å²) in [7, 11) is -3.91. The SMILES string of the molecule is Cc1ccc(S(=O)(=O)N2CCc3cccc(C)c3C(N3CC(F)(F)CC34CC4)=N2)cc1. The molecule has 1 saturated carbocycles. The molecule has 5 rings (SSSR count). The van der Waals surface area contributed by atoms with Gasteiger partial charge >= 0.3 is 0 Å². The topological polar surface area (TPSA) is 53.0 Å². The molecule has 2 fully saturated rings. The number of fused-ring (bicyclic) bond motifs is 1. The molecule has 0 bridgehead atoms. The van der Waals surface area contributed by atoms with Gasteiger partial charge < -0.3 is 4.90 Å². The van der Waals surface area contributed by atoms with E-state index in [-0.39, 0.29) is 17.9 Å². The number of nitrogens with zero attached hydrogens (tertiary/aromatic N) is 3. The van der Waals surface area contributed by atoms with Crippen molar-refractivity contribution in [3.05, 3.63) is 64.7 Å². The summed E-state index contributed by atoms with van der Waals surface area (Å²) in [4.78, 5) is 1.83. The van der Waals surface area contributed by atoms with Gasteiger partial charge in [-0.2, -0.15) is 12.8 Å². The number of benzene rings is 2. The van der Waals surface area contributed by atoms with Gasteiger partial charge in [0.15, 0.2) is 5.84 Å². The van der Waals surface area contributed by atoms with Crippen LogP contribution in [0.25, 0.3) is 0 Å². The maximum Gasteiger partial charge on any atom is 0.279 e. The summed E-state index contributed by atoms with van der Waals surface area (Å²) in [6.45, 7) is 3.54. The average molecular weight is 446 g/mol. The lowest BCUT2D eigenvalue weighted by atomic mass is 9.98. The van der Waals surface area contributed by atoms with Crippen molar-refractivity contribution in [3.63, 3.8) is 0 Å². The highest BCUT2D eigenvalue weighted by Crippen LogP contribution is 2.55. The molecule has 2 aliphatic heterocycles. The van der Waals surface area contributed by atoms with Gasteiger partial charge in [0.25, 0.3) is 15.9 Å². The Morgan fingerprint density at radius 2 is 1.74 bits per heavy atom. The van der Waals surface area contributed by atoms with Gasteiger partial charge in [0.1, 0.15) is 0 Å². The number of amidine groups is 1. The molecule has 8 heteroatoms. The van der Waals surface area contributed by atoms with E-state index in [0.29, 0.717) is 25.1 Å². The molecule has 2 heterocycles. The van der Waals surface area contributed by atoms with Gasteiger partial charge in [-0.15, -0.1) is 5.10 Å². The van der Waals surface area contributed by atoms with E-state index in [1.807, 2.05) is 32.0 Å². The Morgan fingerprint density at radius 1 is 1.03 bits per heavy atom. The molecule has 0 amide bonds. The number of aryl methyl sites for hydroxylation is 2. The molecular weight excluding hydrogens is 420 g/mol. The average Bonchev–Trinajstić information content (AvgIpc) is 3.44. The minimum absolute atomic E-state index is 0.150. The van der Waals surface area contributed by atoms with Gasteiger partial charge in [0, 0.05) is 17.5 Å². The van der Waals surface area contributed by atoms with Crippen LogP contribution in [-0.2, 0) is 16.4 Å². The van der Waals surface area contributed by atoms with Crippen LogP contribution in [0, 0.1) is 13.8 Å². The summed E-state index contributed by atoms with van der Waals surface area (Å²) in [5, 5.41) is 4.59. The molecule has 3 aliphatic rings. The summed E-state index contributed by atoms with van der Waals surface area (Å²) in [6.07, 6.45) is 1.61. The van der Waals surface area contributed by atoms with Crippen molar-refractivity contribution < 1.29 is 17.2 Å². The van der Waals surface area contributed by atoms with Crippen molar-refractivity contribution in [2.45, 2.75) is 55.9 Å². The van der Waals surface area contributed by atoms with E-state index in [9.17, 15) is 17.2 Å². The smallest absolute Gasteiger partial charge is 0.279 e. The Hall–Kier alpha value is -2.48.